The fraction of sp³-hybridized carbons (Fsp3) is 0.278. The number of benzene rings is 1. The fourth-order valence-electron chi connectivity index (χ4n) is 2.31. The van der Waals surface area contributed by atoms with Gasteiger partial charge in [-0.15, -0.1) is 17.9 Å². The average Bonchev–Trinajstić information content (AvgIpc) is 3.04. The maximum absolute atomic E-state index is 5.98. The molecule has 2 nitrogen and oxygen atoms in total. The topological polar surface area (TPSA) is 15.3 Å². The van der Waals surface area contributed by atoms with Crippen molar-refractivity contribution < 1.29 is 0 Å². The molecule has 0 saturated carbocycles. The van der Waals surface area contributed by atoms with Gasteiger partial charge in [-0.25, -0.2) is 0 Å². The molecule has 1 atom stereocenters. The Morgan fingerprint density at radius 1 is 1.39 bits per heavy atom. The van der Waals surface area contributed by atoms with Gasteiger partial charge in [0, 0.05) is 35.5 Å². The summed E-state index contributed by atoms with van der Waals surface area (Å²) < 4.78 is 0. The zero-order valence-corrected chi connectivity index (χ0v) is 15.6. The Balaban J connectivity index is 2.11. The van der Waals surface area contributed by atoms with E-state index < -0.39 is 0 Å². The number of rotatable bonds is 7. The molecule has 122 valence electrons. The first-order chi connectivity index (χ1) is 11.1. The van der Waals surface area contributed by atoms with Crippen molar-refractivity contribution in [3.63, 3.8) is 0 Å². The summed E-state index contributed by atoms with van der Waals surface area (Å²) in [6.07, 6.45) is 2.79. The highest BCUT2D eigenvalue weighted by Crippen LogP contribution is 2.18. The predicted molar refractivity (Wildman–Crippen MR) is 105 cm³/mol. The van der Waals surface area contributed by atoms with Gasteiger partial charge in [-0.1, -0.05) is 35.9 Å². The Bertz CT molecular complexity index is 623. The van der Waals surface area contributed by atoms with E-state index in [1.165, 1.54) is 10.4 Å². The maximum Gasteiger partial charge on any atom is 0.169 e. The van der Waals surface area contributed by atoms with Gasteiger partial charge in [0.2, 0.25) is 0 Å². The molecule has 0 bridgehead atoms. The first kappa shape index (κ1) is 18.0. The second-order valence-electron chi connectivity index (χ2n) is 5.36. The maximum atomic E-state index is 5.98. The average molecular weight is 365 g/mol. The minimum Gasteiger partial charge on any atom is -0.359 e. The van der Waals surface area contributed by atoms with Gasteiger partial charge in [0.1, 0.15) is 0 Å². The van der Waals surface area contributed by atoms with Crippen molar-refractivity contribution >= 4 is 40.3 Å². The van der Waals surface area contributed by atoms with Gasteiger partial charge in [-0.2, -0.15) is 0 Å². The molecular weight excluding hydrogens is 344 g/mol. The van der Waals surface area contributed by atoms with Crippen LogP contribution in [0.3, 0.4) is 0 Å². The first-order valence-electron chi connectivity index (χ1n) is 7.52. The van der Waals surface area contributed by atoms with Crippen LogP contribution in [0.4, 0.5) is 0 Å². The van der Waals surface area contributed by atoms with Gasteiger partial charge in [-0.3, -0.25) is 0 Å². The van der Waals surface area contributed by atoms with Crippen molar-refractivity contribution in [1.29, 1.82) is 0 Å². The minimum atomic E-state index is 0.300. The molecule has 0 fully saturated rings. The van der Waals surface area contributed by atoms with Gasteiger partial charge in [0.15, 0.2) is 5.11 Å². The largest absolute Gasteiger partial charge is 0.359 e. The molecule has 0 amide bonds. The summed E-state index contributed by atoms with van der Waals surface area (Å²) in [7, 11) is 0. The van der Waals surface area contributed by atoms with E-state index in [1.54, 1.807) is 11.3 Å². The molecule has 1 heterocycles. The molecule has 0 spiro atoms. The highest BCUT2D eigenvalue weighted by Gasteiger charge is 2.18. The Morgan fingerprint density at radius 2 is 2.13 bits per heavy atom. The molecule has 1 aromatic carbocycles. The van der Waals surface area contributed by atoms with Crippen LogP contribution in [0.1, 0.15) is 17.4 Å². The number of hydrogen-bond donors (Lipinski definition) is 1. The lowest BCUT2D eigenvalue weighted by Gasteiger charge is -2.32. The smallest absolute Gasteiger partial charge is 0.169 e. The molecule has 2 rings (SSSR count). The van der Waals surface area contributed by atoms with Crippen LogP contribution >= 0.6 is 35.2 Å². The van der Waals surface area contributed by atoms with Crippen LogP contribution in [0.25, 0.3) is 0 Å². The molecular formula is C18H21ClN2S2. The summed E-state index contributed by atoms with van der Waals surface area (Å²) in [5.41, 5.74) is 1.19. The summed E-state index contributed by atoms with van der Waals surface area (Å²) in [6.45, 7) is 7.37. The zero-order chi connectivity index (χ0) is 16.7. The normalized spacial score (nSPS) is 11.7. The number of hydrogen-bond acceptors (Lipinski definition) is 2. The molecule has 0 aliphatic heterocycles. The molecule has 23 heavy (non-hydrogen) atoms. The Kier molecular flexibility index (Phi) is 7.09. The number of halogens is 1. The third-order valence-corrected chi connectivity index (χ3v) is 5.06. The van der Waals surface area contributed by atoms with Crippen molar-refractivity contribution in [1.82, 2.24) is 10.2 Å². The lowest BCUT2D eigenvalue weighted by atomic mass is 10.1. The van der Waals surface area contributed by atoms with Crippen molar-refractivity contribution in [2.45, 2.75) is 25.9 Å². The lowest BCUT2D eigenvalue weighted by Crippen LogP contribution is -2.45. The summed E-state index contributed by atoms with van der Waals surface area (Å²) in [4.78, 5) is 3.59. The molecule has 0 saturated heterocycles. The highest BCUT2D eigenvalue weighted by molar-refractivity contribution is 7.80. The van der Waals surface area contributed by atoms with Crippen LogP contribution < -0.4 is 5.32 Å². The van der Waals surface area contributed by atoms with Gasteiger partial charge in [-0.05, 0) is 48.3 Å². The number of nitrogens with one attached hydrogen (secondary N) is 1. The lowest BCUT2D eigenvalue weighted by molar-refractivity contribution is 0.318. The molecule has 0 radical (unpaired) electrons. The third kappa shape index (κ3) is 5.65. The Labute approximate surface area is 152 Å². The minimum absolute atomic E-state index is 0.300. The predicted octanol–water partition coefficient (Wildman–Crippen LogP) is 4.90. The van der Waals surface area contributed by atoms with Gasteiger partial charge < -0.3 is 10.2 Å². The number of nitrogens with zero attached hydrogens (tertiary/aromatic N) is 1. The molecule has 0 aliphatic carbocycles. The summed E-state index contributed by atoms with van der Waals surface area (Å²) in [5, 5.41) is 6.86. The summed E-state index contributed by atoms with van der Waals surface area (Å²) >= 11 is 13.3. The van der Waals surface area contributed by atoms with Crippen LogP contribution in [0, 0.1) is 0 Å². The number of thiophene rings is 1. The van der Waals surface area contributed by atoms with E-state index in [2.05, 4.69) is 41.2 Å². The van der Waals surface area contributed by atoms with E-state index >= 15 is 0 Å². The standard InChI is InChI=1S/C18H21ClN2S2/c1-3-10-20-18(22)21(13-15-6-8-16(19)9-7-15)14(2)12-17-5-4-11-23-17/h3-9,11,14H,1,10,12-13H2,2H3,(H,20,22)/t14-/m0/s1. The van der Waals surface area contributed by atoms with Crippen LogP contribution in [-0.2, 0) is 13.0 Å². The Hall–Kier alpha value is -1.36. The van der Waals surface area contributed by atoms with Crippen molar-refractivity contribution in [2.75, 3.05) is 6.54 Å². The monoisotopic (exact) mass is 364 g/mol. The first-order valence-corrected chi connectivity index (χ1v) is 9.19. The zero-order valence-electron chi connectivity index (χ0n) is 13.2. The Morgan fingerprint density at radius 3 is 2.74 bits per heavy atom. The molecule has 0 unspecified atom stereocenters. The van der Waals surface area contributed by atoms with Crippen LogP contribution in [0.2, 0.25) is 5.02 Å². The van der Waals surface area contributed by atoms with E-state index in [4.69, 9.17) is 23.8 Å². The molecule has 0 aliphatic rings. The third-order valence-electron chi connectivity index (χ3n) is 3.53. The summed E-state index contributed by atoms with van der Waals surface area (Å²) in [5.74, 6) is 0. The van der Waals surface area contributed by atoms with Crippen LogP contribution in [-0.4, -0.2) is 22.6 Å². The second kappa shape index (κ2) is 9.06. The second-order valence-corrected chi connectivity index (χ2v) is 7.22. The highest BCUT2D eigenvalue weighted by atomic mass is 35.5. The van der Waals surface area contributed by atoms with Gasteiger partial charge >= 0.3 is 0 Å². The van der Waals surface area contributed by atoms with E-state index in [0.29, 0.717) is 12.6 Å². The summed E-state index contributed by atoms with van der Waals surface area (Å²) in [6, 6.07) is 12.5. The van der Waals surface area contributed by atoms with Gasteiger partial charge in [0.05, 0.1) is 0 Å². The molecule has 2 aromatic rings. The molecule has 1 N–H and O–H groups in total. The van der Waals surface area contributed by atoms with E-state index in [0.717, 1.165) is 23.1 Å². The van der Waals surface area contributed by atoms with Crippen molar-refractivity contribution in [3.05, 3.63) is 69.9 Å². The van der Waals surface area contributed by atoms with Crippen LogP contribution in [0.15, 0.2) is 54.4 Å². The fourth-order valence-corrected chi connectivity index (χ4v) is 3.59. The quantitative estimate of drug-likeness (QED) is 0.556. The van der Waals surface area contributed by atoms with E-state index in [9.17, 15) is 0 Å². The van der Waals surface area contributed by atoms with Crippen molar-refractivity contribution in [2.24, 2.45) is 0 Å². The SMILES string of the molecule is C=CCNC(=S)N(Cc1ccc(Cl)cc1)[C@@H](C)Cc1cccs1. The number of thiocarbonyl (C=S) groups is 1. The van der Waals surface area contributed by atoms with Crippen LogP contribution in [0.5, 0.6) is 0 Å². The molecule has 1 aromatic heterocycles. The van der Waals surface area contributed by atoms with E-state index in [1.807, 2.05) is 30.3 Å². The van der Waals surface area contributed by atoms with E-state index in [-0.39, 0.29) is 0 Å². The molecule has 5 heteroatoms. The van der Waals surface area contributed by atoms with Crippen molar-refractivity contribution in [3.8, 4) is 0 Å². The van der Waals surface area contributed by atoms with Gasteiger partial charge in [0.25, 0.3) is 0 Å².